The van der Waals surface area contributed by atoms with Crippen molar-refractivity contribution in [1.29, 1.82) is 0 Å². The number of rotatable bonds is 1. The van der Waals surface area contributed by atoms with Gasteiger partial charge in [-0.3, -0.25) is 0 Å². The van der Waals surface area contributed by atoms with E-state index >= 15 is 0 Å². The summed E-state index contributed by atoms with van der Waals surface area (Å²) in [6.45, 7) is 11.9. The lowest BCUT2D eigenvalue weighted by Crippen LogP contribution is -2.36. The van der Waals surface area contributed by atoms with Crippen LogP contribution in [0.4, 0.5) is 0 Å². The van der Waals surface area contributed by atoms with Crippen LogP contribution in [0.1, 0.15) is 43.0 Å². The summed E-state index contributed by atoms with van der Waals surface area (Å²) in [5.41, 5.74) is 4.90. The Morgan fingerprint density at radius 3 is 2.25 bits per heavy atom. The van der Waals surface area contributed by atoms with E-state index in [0.717, 1.165) is 27.8 Å². The fourth-order valence-corrected chi connectivity index (χ4v) is 3.14. The van der Waals surface area contributed by atoms with E-state index in [-0.39, 0.29) is 5.92 Å². The van der Waals surface area contributed by atoms with E-state index < -0.39 is 5.60 Å². The van der Waals surface area contributed by atoms with Crippen LogP contribution in [0.5, 0.6) is 0 Å². The predicted molar refractivity (Wildman–Crippen MR) is 82.8 cm³/mol. The average molecular weight is 272 g/mol. The average Bonchev–Trinajstić information content (AvgIpc) is 2.38. The maximum atomic E-state index is 11.3. The van der Waals surface area contributed by atoms with Crippen LogP contribution in [-0.2, 0) is 5.60 Å². The first kappa shape index (κ1) is 14.9. The number of hydrogen-bond acceptors (Lipinski definition) is 2. The van der Waals surface area contributed by atoms with Gasteiger partial charge in [0.15, 0.2) is 0 Å². The van der Waals surface area contributed by atoms with E-state index in [9.17, 15) is 10.2 Å². The topological polar surface area (TPSA) is 40.5 Å². The third kappa shape index (κ3) is 2.08. The lowest BCUT2D eigenvalue weighted by molar-refractivity contribution is 0.0404. The molecule has 2 nitrogen and oxygen atoms in total. The standard InChI is InChI=1S/C18H24O2/c1-10-7-11(2)13(4)16(8-10)18(20)9-12(3)17(19)14(5)15(18)6/h7-9,15,19-20H,1-6H3. The number of aliphatic hydroxyl groups excluding tert-OH is 1. The van der Waals surface area contributed by atoms with Crippen LogP contribution in [-0.4, -0.2) is 10.2 Å². The van der Waals surface area contributed by atoms with Gasteiger partial charge in [0.2, 0.25) is 0 Å². The van der Waals surface area contributed by atoms with Gasteiger partial charge >= 0.3 is 0 Å². The number of aryl methyl sites for hydroxylation is 2. The molecule has 0 amide bonds. The summed E-state index contributed by atoms with van der Waals surface area (Å²) in [6.07, 6.45) is 1.79. The van der Waals surface area contributed by atoms with Crippen molar-refractivity contribution in [2.45, 2.75) is 47.1 Å². The molecule has 20 heavy (non-hydrogen) atoms. The fourth-order valence-electron chi connectivity index (χ4n) is 3.14. The first-order valence-electron chi connectivity index (χ1n) is 7.08. The highest BCUT2D eigenvalue weighted by atomic mass is 16.3. The normalized spacial score (nSPS) is 26.8. The third-order valence-corrected chi connectivity index (χ3v) is 4.74. The van der Waals surface area contributed by atoms with Crippen LogP contribution in [0.2, 0.25) is 0 Å². The second kappa shape index (κ2) is 4.78. The Morgan fingerprint density at radius 2 is 1.65 bits per heavy atom. The highest BCUT2D eigenvalue weighted by Gasteiger charge is 2.40. The number of hydrogen-bond donors (Lipinski definition) is 2. The van der Waals surface area contributed by atoms with Crippen molar-refractivity contribution in [2.24, 2.45) is 5.92 Å². The first-order chi connectivity index (χ1) is 9.18. The molecule has 0 saturated carbocycles. The molecule has 0 fully saturated rings. The Balaban J connectivity index is 2.69. The number of allylic oxidation sites excluding steroid dienone is 1. The van der Waals surface area contributed by atoms with E-state index in [1.807, 2.05) is 34.6 Å². The Morgan fingerprint density at radius 1 is 1.05 bits per heavy atom. The van der Waals surface area contributed by atoms with Crippen molar-refractivity contribution in [1.82, 2.24) is 0 Å². The van der Waals surface area contributed by atoms with Gasteiger partial charge < -0.3 is 10.2 Å². The highest BCUT2D eigenvalue weighted by molar-refractivity contribution is 5.48. The molecule has 0 bridgehead atoms. The van der Waals surface area contributed by atoms with E-state index in [0.29, 0.717) is 5.76 Å². The van der Waals surface area contributed by atoms with Crippen LogP contribution in [0.25, 0.3) is 0 Å². The molecule has 2 atom stereocenters. The summed E-state index contributed by atoms with van der Waals surface area (Å²) in [4.78, 5) is 0. The van der Waals surface area contributed by atoms with Gasteiger partial charge in [-0.25, -0.2) is 0 Å². The van der Waals surface area contributed by atoms with Gasteiger partial charge in [0.25, 0.3) is 0 Å². The van der Waals surface area contributed by atoms with Crippen LogP contribution in [0, 0.1) is 26.7 Å². The number of benzene rings is 1. The summed E-state index contributed by atoms with van der Waals surface area (Å²) in [7, 11) is 0. The molecule has 2 unspecified atom stereocenters. The lowest BCUT2D eigenvalue weighted by Gasteiger charge is -2.38. The van der Waals surface area contributed by atoms with Crippen molar-refractivity contribution in [3.8, 4) is 0 Å². The second-order valence-electron chi connectivity index (χ2n) is 6.16. The smallest absolute Gasteiger partial charge is 0.117 e. The van der Waals surface area contributed by atoms with Crippen molar-refractivity contribution < 1.29 is 10.2 Å². The van der Waals surface area contributed by atoms with E-state index in [2.05, 4.69) is 19.1 Å². The molecule has 1 aliphatic rings. The molecule has 0 heterocycles. The lowest BCUT2D eigenvalue weighted by atomic mass is 9.71. The quantitative estimate of drug-likeness (QED) is 0.803. The molecule has 1 aliphatic carbocycles. The van der Waals surface area contributed by atoms with E-state index in [1.165, 1.54) is 5.56 Å². The SMILES string of the molecule is CC1=CC(O)(c2cc(C)cc(C)c2C)C(C)C(C)=C1O. The summed E-state index contributed by atoms with van der Waals surface area (Å²) in [5.74, 6) is 0.162. The van der Waals surface area contributed by atoms with Crippen molar-refractivity contribution in [3.63, 3.8) is 0 Å². The Labute approximate surface area is 121 Å². The molecular formula is C18H24O2. The maximum Gasteiger partial charge on any atom is 0.117 e. The molecule has 1 aromatic carbocycles. The molecule has 2 rings (SSSR count). The molecule has 0 radical (unpaired) electrons. The monoisotopic (exact) mass is 272 g/mol. The Bertz CT molecular complexity index is 623. The van der Waals surface area contributed by atoms with E-state index in [1.54, 1.807) is 6.08 Å². The minimum Gasteiger partial charge on any atom is -0.508 e. The third-order valence-electron chi connectivity index (χ3n) is 4.74. The number of aliphatic hydroxyl groups is 2. The van der Waals surface area contributed by atoms with Crippen molar-refractivity contribution in [2.75, 3.05) is 0 Å². The second-order valence-corrected chi connectivity index (χ2v) is 6.16. The molecule has 1 aromatic rings. The molecule has 0 aliphatic heterocycles. The minimum atomic E-state index is -1.05. The van der Waals surface area contributed by atoms with E-state index in [4.69, 9.17) is 0 Å². The Hall–Kier alpha value is -1.54. The fraction of sp³-hybridized carbons (Fsp3) is 0.444. The van der Waals surface area contributed by atoms with Gasteiger partial charge in [-0.05, 0) is 68.5 Å². The molecule has 108 valence electrons. The largest absolute Gasteiger partial charge is 0.508 e. The van der Waals surface area contributed by atoms with Crippen LogP contribution < -0.4 is 0 Å². The van der Waals surface area contributed by atoms with Crippen LogP contribution >= 0.6 is 0 Å². The van der Waals surface area contributed by atoms with Gasteiger partial charge in [-0.15, -0.1) is 0 Å². The van der Waals surface area contributed by atoms with Crippen molar-refractivity contribution in [3.05, 3.63) is 57.4 Å². The molecule has 0 saturated heterocycles. The van der Waals surface area contributed by atoms with Crippen LogP contribution in [0.15, 0.2) is 35.1 Å². The summed E-state index contributed by atoms with van der Waals surface area (Å²) in [6, 6.07) is 4.19. The molecular weight excluding hydrogens is 248 g/mol. The zero-order valence-electron chi connectivity index (χ0n) is 13.2. The first-order valence-corrected chi connectivity index (χ1v) is 7.08. The Kier molecular flexibility index (Phi) is 3.55. The van der Waals surface area contributed by atoms with Crippen LogP contribution in [0.3, 0.4) is 0 Å². The maximum absolute atomic E-state index is 11.3. The molecule has 2 N–H and O–H groups in total. The van der Waals surface area contributed by atoms with Gasteiger partial charge in [0.05, 0.1) is 0 Å². The van der Waals surface area contributed by atoms with Crippen molar-refractivity contribution >= 4 is 0 Å². The highest BCUT2D eigenvalue weighted by Crippen LogP contribution is 2.43. The predicted octanol–water partition coefficient (Wildman–Crippen LogP) is 4.23. The minimum absolute atomic E-state index is 0.147. The van der Waals surface area contributed by atoms with Gasteiger partial charge in [-0.2, -0.15) is 0 Å². The van der Waals surface area contributed by atoms with Gasteiger partial charge in [0.1, 0.15) is 11.4 Å². The zero-order valence-corrected chi connectivity index (χ0v) is 13.2. The molecule has 0 spiro atoms. The zero-order chi connectivity index (χ0) is 15.2. The molecule has 2 heteroatoms. The van der Waals surface area contributed by atoms with Gasteiger partial charge in [-0.1, -0.05) is 24.6 Å². The van der Waals surface area contributed by atoms with Gasteiger partial charge in [0, 0.05) is 5.92 Å². The summed E-state index contributed by atoms with van der Waals surface area (Å²) in [5, 5.41) is 21.4. The summed E-state index contributed by atoms with van der Waals surface area (Å²) >= 11 is 0. The summed E-state index contributed by atoms with van der Waals surface area (Å²) < 4.78 is 0. The molecule has 0 aromatic heterocycles.